The van der Waals surface area contributed by atoms with Crippen molar-refractivity contribution in [3.63, 3.8) is 0 Å². The summed E-state index contributed by atoms with van der Waals surface area (Å²) in [6.07, 6.45) is 0. The van der Waals surface area contributed by atoms with Crippen LogP contribution in [0.3, 0.4) is 0 Å². The van der Waals surface area contributed by atoms with Crippen LogP contribution in [0.4, 0.5) is 5.69 Å². The predicted octanol–water partition coefficient (Wildman–Crippen LogP) is 0.922. The number of likely N-dealkylation sites (N-methyl/N-ethyl adjacent to an activating group) is 1. The summed E-state index contributed by atoms with van der Waals surface area (Å²) < 4.78 is 5.14. The zero-order valence-electron chi connectivity index (χ0n) is 9.65. The number of hydrogen-bond acceptors (Lipinski definition) is 3. The van der Waals surface area contributed by atoms with Crippen molar-refractivity contribution in [3.05, 3.63) is 23.8 Å². The van der Waals surface area contributed by atoms with Gasteiger partial charge in [0, 0.05) is 12.7 Å². The number of nitrogens with zero attached hydrogens (tertiary/aromatic N) is 1. The van der Waals surface area contributed by atoms with Gasteiger partial charge in [0.05, 0.1) is 19.1 Å². The molecule has 4 heteroatoms. The number of anilines is 1. The quantitative estimate of drug-likeness (QED) is 0.808. The van der Waals surface area contributed by atoms with Crippen molar-refractivity contribution in [1.29, 1.82) is 0 Å². The lowest BCUT2D eigenvalue weighted by molar-refractivity contribution is -0.123. The van der Waals surface area contributed by atoms with Crippen molar-refractivity contribution < 1.29 is 14.6 Å². The van der Waals surface area contributed by atoms with E-state index >= 15 is 0 Å². The standard InChI is InChI=1S/C12H15NO3/c1-12(7-14)9-6-8(16-3)4-5-10(9)13(2)11(12)15/h4-6,14H,7H2,1-3H3. The first-order valence-electron chi connectivity index (χ1n) is 5.12. The van der Waals surface area contributed by atoms with Gasteiger partial charge in [0.15, 0.2) is 0 Å². The fourth-order valence-corrected chi connectivity index (χ4v) is 2.12. The van der Waals surface area contributed by atoms with E-state index in [0.717, 1.165) is 11.3 Å². The van der Waals surface area contributed by atoms with Crippen LogP contribution in [-0.2, 0) is 10.2 Å². The summed E-state index contributed by atoms with van der Waals surface area (Å²) in [6, 6.07) is 5.46. The van der Waals surface area contributed by atoms with Crippen LogP contribution in [0.5, 0.6) is 5.75 Å². The topological polar surface area (TPSA) is 49.8 Å². The third kappa shape index (κ3) is 1.23. The first-order chi connectivity index (χ1) is 7.54. The van der Waals surface area contributed by atoms with E-state index < -0.39 is 5.41 Å². The maximum absolute atomic E-state index is 12.0. The number of carbonyl (C=O) groups excluding carboxylic acids is 1. The van der Waals surface area contributed by atoms with Crippen molar-refractivity contribution >= 4 is 11.6 Å². The third-order valence-corrected chi connectivity index (χ3v) is 3.25. The Labute approximate surface area is 94.4 Å². The van der Waals surface area contributed by atoms with Crippen LogP contribution >= 0.6 is 0 Å². The Morgan fingerprint density at radius 3 is 2.75 bits per heavy atom. The molecule has 1 atom stereocenters. The number of fused-ring (bicyclic) bond motifs is 1. The van der Waals surface area contributed by atoms with Gasteiger partial charge in [-0.1, -0.05) is 0 Å². The second kappa shape index (κ2) is 3.49. The molecule has 0 aliphatic carbocycles. The summed E-state index contributed by atoms with van der Waals surface area (Å²) in [5, 5.41) is 9.44. The molecule has 0 radical (unpaired) electrons. The first kappa shape index (κ1) is 11.0. The summed E-state index contributed by atoms with van der Waals surface area (Å²) in [7, 11) is 3.30. The Bertz CT molecular complexity index is 444. The van der Waals surface area contributed by atoms with Crippen LogP contribution in [-0.4, -0.2) is 31.8 Å². The van der Waals surface area contributed by atoms with E-state index in [4.69, 9.17) is 4.74 Å². The maximum Gasteiger partial charge on any atom is 0.239 e. The molecule has 1 aliphatic heterocycles. The van der Waals surface area contributed by atoms with Gasteiger partial charge in [0.1, 0.15) is 5.75 Å². The highest BCUT2D eigenvalue weighted by atomic mass is 16.5. The Morgan fingerprint density at radius 1 is 1.50 bits per heavy atom. The van der Waals surface area contributed by atoms with Crippen LogP contribution in [0, 0.1) is 0 Å². The Kier molecular flexibility index (Phi) is 2.39. The van der Waals surface area contributed by atoms with Crippen LogP contribution in [0.2, 0.25) is 0 Å². The van der Waals surface area contributed by atoms with Crippen LogP contribution in [0.1, 0.15) is 12.5 Å². The highest BCUT2D eigenvalue weighted by molar-refractivity contribution is 6.07. The Balaban J connectivity index is 2.62. The molecule has 0 aromatic heterocycles. The number of amides is 1. The van der Waals surface area contributed by atoms with Gasteiger partial charge in [0.25, 0.3) is 0 Å². The number of carbonyl (C=O) groups is 1. The molecule has 1 amide bonds. The highest BCUT2D eigenvalue weighted by Gasteiger charge is 2.45. The number of benzene rings is 1. The molecule has 1 unspecified atom stereocenters. The first-order valence-corrected chi connectivity index (χ1v) is 5.12. The summed E-state index contributed by atoms with van der Waals surface area (Å²) >= 11 is 0. The smallest absolute Gasteiger partial charge is 0.239 e. The van der Waals surface area contributed by atoms with Crippen molar-refractivity contribution in [3.8, 4) is 5.75 Å². The van der Waals surface area contributed by atoms with E-state index in [1.165, 1.54) is 0 Å². The molecule has 1 aliphatic rings. The van der Waals surface area contributed by atoms with E-state index in [1.807, 2.05) is 18.2 Å². The van der Waals surface area contributed by atoms with Gasteiger partial charge in [-0.2, -0.15) is 0 Å². The Morgan fingerprint density at radius 2 is 2.19 bits per heavy atom. The molecule has 1 heterocycles. The van der Waals surface area contributed by atoms with E-state index in [-0.39, 0.29) is 12.5 Å². The largest absolute Gasteiger partial charge is 0.497 e. The van der Waals surface area contributed by atoms with Gasteiger partial charge in [-0.3, -0.25) is 4.79 Å². The molecule has 16 heavy (non-hydrogen) atoms. The van der Waals surface area contributed by atoms with Crippen LogP contribution in [0.25, 0.3) is 0 Å². The number of aliphatic hydroxyl groups excluding tert-OH is 1. The minimum atomic E-state index is -0.849. The summed E-state index contributed by atoms with van der Waals surface area (Å²) in [5.74, 6) is 0.611. The molecule has 1 aromatic carbocycles. The van der Waals surface area contributed by atoms with E-state index in [9.17, 15) is 9.90 Å². The molecule has 0 saturated heterocycles. The molecule has 2 rings (SSSR count). The molecule has 86 valence electrons. The number of aliphatic hydroxyl groups is 1. The van der Waals surface area contributed by atoms with Gasteiger partial charge in [-0.25, -0.2) is 0 Å². The Hall–Kier alpha value is -1.55. The fraction of sp³-hybridized carbons (Fsp3) is 0.417. The highest BCUT2D eigenvalue weighted by Crippen LogP contribution is 2.42. The average molecular weight is 221 g/mol. The molecule has 1 aromatic rings. The minimum Gasteiger partial charge on any atom is -0.497 e. The normalized spacial score (nSPS) is 23.5. The lowest BCUT2D eigenvalue weighted by Gasteiger charge is -2.19. The van der Waals surface area contributed by atoms with Crippen LogP contribution < -0.4 is 9.64 Å². The van der Waals surface area contributed by atoms with Gasteiger partial charge in [-0.15, -0.1) is 0 Å². The predicted molar refractivity (Wildman–Crippen MR) is 60.8 cm³/mol. The van der Waals surface area contributed by atoms with E-state index in [2.05, 4.69) is 0 Å². The summed E-state index contributed by atoms with van der Waals surface area (Å²) in [5.41, 5.74) is 0.808. The molecule has 0 fully saturated rings. The van der Waals surface area contributed by atoms with E-state index in [0.29, 0.717) is 5.75 Å². The van der Waals surface area contributed by atoms with Crippen molar-refractivity contribution in [1.82, 2.24) is 0 Å². The van der Waals surface area contributed by atoms with Crippen LogP contribution in [0.15, 0.2) is 18.2 Å². The van der Waals surface area contributed by atoms with E-state index in [1.54, 1.807) is 26.0 Å². The maximum atomic E-state index is 12.0. The summed E-state index contributed by atoms with van der Waals surface area (Å²) in [4.78, 5) is 13.6. The van der Waals surface area contributed by atoms with Crippen molar-refractivity contribution in [2.45, 2.75) is 12.3 Å². The molecule has 0 saturated carbocycles. The lowest BCUT2D eigenvalue weighted by Crippen LogP contribution is -2.38. The average Bonchev–Trinajstić information content (AvgIpc) is 2.52. The van der Waals surface area contributed by atoms with Gasteiger partial charge in [0.2, 0.25) is 5.91 Å². The van der Waals surface area contributed by atoms with Crippen molar-refractivity contribution in [2.75, 3.05) is 25.7 Å². The van der Waals surface area contributed by atoms with Gasteiger partial charge in [-0.05, 0) is 30.7 Å². The zero-order valence-corrected chi connectivity index (χ0v) is 9.65. The summed E-state index contributed by atoms with van der Waals surface area (Å²) in [6.45, 7) is 1.55. The van der Waals surface area contributed by atoms with Gasteiger partial charge < -0.3 is 14.7 Å². The molecular formula is C12H15NO3. The minimum absolute atomic E-state index is 0.0850. The third-order valence-electron chi connectivity index (χ3n) is 3.25. The molecule has 0 bridgehead atoms. The number of methoxy groups -OCH3 is 1. The monoisotopic (exact) mass is 221 g/mol. The second-order valence-corrected chi connectivity index (χ2v) is 4.24. The molecule has 1 N–H and O–H groups in total. The molecule has 0 spiro atoms. The fourth-order valence-electron chi connectivity index (χ4n) is 2.12. The van der Waals surface area contributed by atoms with Crippen molar-refractivity contribution in [2.24, 2.45) is 0 Å². The number of rotatable bonds is 2. The van der Waals surface area contributed by atoms with Gasteiger partial charge >= 0.3 is 0 Å². The molecular weight excluding hydrogens is 206 g/mol. The molecule has 4 nitrogen and oxygen atoms in total. The number of hydrogen-bond donors (Lipinski definition) is 1. The number of ether oxygens (including phenoxy) is 1. The lowest BCUT2D eigenvalue weighted by atomic mass is 9.84. The SMILES string of the molecule is COc1ccc2c(c1)C(C)(CO)C(=O)N2C. The second-order valence-electron chi connectivity index (χ2n) is 4.24. The zero-order chi connectivity index (χ0) is 11.9.